The summed E-state index contributed by atoms with van der Waals surface area (Å²) in [7, 11) is 1.56. The molecule has 0 aromatic rings. The first-order chi connectivity index (χ1) is 12.0. The van der Waals surface area contributed by atoms with E-state index in [2.05, 4.69) is 4.99 Å². The Hall–Kier alpha value is -2.51. The lowest BCUT2D eigenvalue weighted by Crippen LogP contribution is -2.57. The summed E-state index contributed by atoms with van der Waals surface area (Å²) in [5.41, 5.74) is 0. The topological polar surface area (TPSA) is 82.3 Å². The molecule has 0 bridgehead atoms. The lowest BCUT2D eigenvalue weighted by atomic mass is 9.99. The summed E-state index contributed by atoms with van der Waals surface area (Å²) in [5, 5.41) is 0. The van der Waals surface area contributed by atoms with Crippen molar-refractivity contribution in [2.75, 3.05) is 33.3 Å². The largest absolute Gasteiger partial charge is 0.497 e. The van der Waals surface area contributed by atoms with Gasteiger partial charge in [-0.1, -0.05) is 0 Å². The fourth-order valence-electron chi connectivity index (χ4n) is 3.35. The number of imide groups is 1. The summed E-state index contributed by atoms with van der Waals surface area (Å²) < 4.78 is 6.86. The number of amides is 4. The molecule has 8 nitrogen and oxygen atoms in total. The fraction of sp³-hybridized carbons (Fsp3) is 0.588. The molecule has 4 amide bonds. The van der Waals surface area contributed by atoms with Crippen LogP contribution in [0.5, 0.6) is 0 Å². The SMILES string of the molecule is CCOC1=CC=NC2=[N+](C)C(=O)N(CC(=O)N3CCCCC3)C(=O)C12. The Bertz CT molecular complexity index is 689. The predicted octanol–water partition coefficient (Wildman–Crippen LogP) is 0.623. The smallest absolute Gasteiger partial charge is 0.446 e. The van der Waals surface area contributed by atoms with Gasteiger partial charge < -0.3 is 9.64 Å². The molecule has 1 saturated heterocycles. The van der Waals surface area contributed by atoms with Crippen molar-refractivity contribution >= 4 is 29.9 Å². The Morgan fingerprint density at radius 1 is 1.32 bits per heavy atom. The minimum absolute atomic E-state index is 0.195. The number of hydrogen-bond donors (Lipinski definition) is 0. The average Bonchev–Trinajstić information content (AvgIpc) is 2.64. The first-order valence-electron chi connectivity index (χ1n) is 8.65. The van der Waals surface area contributed by atoms with Crippen LogP contribution in [0.4, 0.5) is 4.79 Å². The number of fused-ring (bicyclic) bond motifs is 1. The maximum Gasteiger partial charge on any atom is 0.446 e. The molecular weight excluding hydrogens is 324 g/mol. The van der Waals surface area contributed by atoms with E-state index in [1.807, 2.05) is 6.92 Å². The van der Waals surface area contributed by atoms with Gasteiger partial charge >= 0.3 is 11.9 Å². The highest BCUT2D eigenvalue weighted by atomic mass is 16.5. The lowest BCUT2D eigenvalue weighted by molar-refractivity contribution is -0.408. The summed E-state index contributed by atoms with van der Waals surface area (Å²) >= 11 is 0. The van der Waals surface area contributed by atoms with Crippen molar-refractivity contribution < 1.29 is 23.7 Å². The third kappa shape index (κ3) is 3.20. The molecule has 0 aromatic carbocycles. The molecule has 134 valence electrons. The number of aliphatic imine (C=N–C) groups is 1. The molecule has 8 heteroatoms. The summed E-state index contributed by atoms with van der Waals surface area (Å²) in [6.45, 7) is 3.35. The van der Waals surface area contributed by atoms with Gasteiger partial charge in [0.1, 0.15) is 12.0 Å². The lowest BCUT2D eigenvalue weighted by Gasteiger charge is -2.31. The van der Waals surface area contributed by atoms with E-state index < -0.39 is 17.9 Å². The van der Waals surface area contributed by atoms with Crippen molar-refractivity contribution in [3.8, 4) is 0 Å². The molecule has 25 heavy (non-hydrogen) atoms. The van der Waals surface area contributed by atoms with Gasteiger partial charge in [-0.2, -0.15) is 9.48 Å². The van der Waals surface area contributed by atoms with Gasteiger partial charge in [0.2, 0.25) is 0 Å². The number of allylic oxidation sites excluding steroid dienone is 1. The molecule has 3 heterocycles. The zero-order valence-electron chi connectivity index (χ0n) is 14.6. The van der Waals surface area contributed by atoms with Crippen molar-refractivity contribution in [3.63, 3.8) is 0 Å². The van der Waals surface area contributed by atoms with Gasteiger partial charge in [0, 0.05) is 19.2 Å². The number of carbonyl (C=O) groups is 3. The molecule has 3 aliphatic rings. The third-order valence-corrected chi connectivity index (χ3v) is 4.68. The van der Waals surface area contributed by atoms with Crippen LogP contribution in [0.2, 0.25) is 0 Å². The highest BCUT2D eigenvalue weighted by molar-refractivity contribution is 6.16. The van der Waals surface area contributed by atoms with E-state index in [4.69, 9.17) is 4.74 Å². The maximum atomic E-state index is 12.9. The van der Waals surface area contributed by atoms with Gasteiger partial charge in [-0.3, -0.25) is 9.59 Å². The van der Waals surface area contributed by atoms with Gasteiger partial charge in [-0.15, -0.1) is 4.99 Å². The number of dihydropyridines is 1. The van der Waals surface area contributed by atoms with Crippen LogP contribution in [0, 0.1) is 5.92 Å². The summed E-state index contributed by atoms with van der Waals surface area (Å²) in [6.07, 6.45) is 6.17. The van der Waals surface area contributed by atoms with Gasteiger partial charge in [-0.05, 0) is 26.2 Å². The van der Waals surface area contributed by atoms with E-state index >= 15 is 0 Å². The van der Waals surface area contributed by atoms with Crippen LogP contribution >= 0.6 is 0 Å². The van der Waals surface area contributed by atoms with Crippen LogP contribution in [0.3, 0.4) is 0 Å². The zero-order chi connectivity index (χ0) is 18.0. The second-order valence-electron chi connectivity index (χ2n) is 6.28. The average molecular weight is 347 g/mol. The first kappa shape index (κ1) is 17.3. The van der Waals surface area contributed by atoms with Crippen LogP contribution in [0.25, 0.3) is 0 Å². The molecule has 1 fully saturated rings. The molecule has 0 radical (unpaired) electrons. The van der Waals surface area contributed by atoms with E-state index in [0.717, 1.165) is 24.2 Å². The quantitative estimate of drug-likeness (QED) is 0.698. The van der Waals surface area contributed by atoms with Crippen molar-refractivity contribution in [1.29, 1.82) is 0 Å². The summed E-state index contributed by atoms with van der Waals surface area (Å²) in [4.78, 5) is 44.9. The van der Waals surface area contributed by atoms with Gasteiger partial charge in [0.25, 0.3) is 11.7 Å². The highest BCUT2D eigenvalue weighted by Crippen LogP contribution is 2.25. The Labute approximate surface area is 146 Å². The summed E-state index contributed by atoms with van der Waals surface area (Å²) in [6, 6.07) is -0.531. The third-order valence-electron chi connectivity index (χ3n) is 4.68. The van der Waals surface area contributed by atoms with E-state index in [1.54, 1.807) is 18.0 Å². The van der Waals surface area contributed by atoms with Crippen molar-refractivity contribution in [2.45, 2.75) is 26.2 Å². The number of carbonyl (C=O) groups excluding carboxylic acids is 3. The second-order valence-corrected chi connectivity index (χ2v) is 6.28. The first-order valence-corrected chi connectivity index (χ1v) is 8.65. The minimum atomic E-state index is -0.776. The normalized spacial score (nSPS) is 23.6. The van der Waals surface area contributed by atoms with Crippen LogP contribution in [0.1, 0.15) is 26.2 Å². The molecule has 1 atom stereocenters. The Kier molecular flexibility index (Phi) is 4.96. The Balaban J connectivity index is 1.84. The van der Waals surface area contributed by atoms with Crippen molar-refractivity contribution in [1.82, 2.24) is 9.80 Å². The van der Waals surface area contributed by atoms with Crippen molar-refractivity contribution in [2.24, 2.45) is 10.9 Å². The minimum Gasteiger partial charge on any atom is -0.497 e. The van der Waals surface area contributed by atoms with Crippen LogP contribution < -0.4 is 0 Å². The number of urea groups is 1. The number of rotatable bonds is 4. The predicted molar refractivity (Wildman–Crippen MR) is 90.4 cm³/mol. The number of amidine groups is 1. The molecular formula is C17H23N4O4+. The molecule has 0 aliphatic carbocycles. The fourth-order valence-corrected chi connectivity index (χ4v) is 3.35. The van der Waals surface area contributed by atoms with Gasteiger partial charge in [-0.25, -0.2) is 4.79 Å². The van der Waals surface area contributed by atoms with Gasteiger partial charge in [0.15, 0.2) is 12.5 Å². The van der Waals surface area contributed by atoms with E-state index in [9.17, 15) is 14.4 Å². The van der Waals surface area contributed by atoms with E-state index in [1.165, 1.54) is 10.8 Å². The molecule has 0 saturated carbocycles. The Morgan fingerprint density at radius 2 is 2.04 bits per heavy atom. The number of piperidine rings is 1. The number of hydrogen-bond acceptors (Lipinski definition) is 5. The second kappa shape index (κ2) is 7.16. The van der Waals surface area contributed by atoms with Crippen LogP contribution in [0.15, 0.2) is 16.8 Å². The van der Waals surface area contributed by atoms with E-state index in [-0.39, 0.29) is 12.5 Å². The molecule has 0 N–H and O–H groups in total. The summed E-state index contributed by atoms with van der Waals surface area (Å²) in [5.74, 6) is -0.642. The van der Waals surface area contributed by atoms with Gasteiger partial charge in [0.05, 0.1) is 13.7 Å². The highest BCUT2D eigenvalue weighted by Gasteiger charge is 2.50. The molecule has 3 rings (SSSR count). The standard InChI is InChI=1S/C17H23N4O4/c1-3-25-12-7-8-18-15-14(12)16(23)21(17(24)19(15)2)11-13(22)20-9-5-4-6-10-20/h7-8,14H,3-6,9-11H2,1-2H3/q+1. The molecule has 1 unspecified atom stereocenters. The zero-order valence-corrected chi connectivity index (χ0v) is 14.6. The van der Waals surface area contributed by atoms with Crippen LogP contribution in [-0.2, 0) is 14.3 Å². The molecule has 3 aliphatic heterocycles. The monoisotopic (exact) mass is 347 g/mol. The number of ether oxygens (including phenoxy) is 1. The Morgan fingerprint density at radius 3 is 2.72 bits per heavy atom. The van der Waals surface area contributed by atoms with E-state index in [0.29, 0.717) is 31.3 Å². The number of likely N-dealkylation sites (tertiary alicyclic amines) is 1. The van der Waals surface area contributed by atoms with Crippen LogP contribution in [-0.4, -0.2) is 77.6 Å². The molecule has 0 aromatic heterocycles. The molecule has 0 spiro atoms. The van der Waals surface area contributed by atoms with Crippen molar-refractivity contribution in [3.05, 3.63) is 11.8 Å². The maximum absolute atomic E-state index is 12.9. The number of nitrogens with zero attached hydrogens (tertiary/aromatic N) is 4.